The Balaban J connectivity index is 2.55. The lowest BCUT2D eigenvalue weighted by atomic mass is 10.3. The lowest BCUT2D eigenvalue weighted by Gasteiger charge is -2.02. The average Bonchev–Trinajstić information content (AvgIpc) is 2.51. The first-order valence-electron chi connectivity index (χ1n) is 5.10. The maximum Gasteiger partial charge on any atom is 0.178 e. The van der Waals surface area contributed by atoms with Gasteiger partial charge in [0.1, 0.15) is 5.82 Å². The highest BCUT2D eigenvalue weighted by Crippen LogP contribution is 2.16. The van der Waals surface area contributed by atoms with Crippen molar-refractivity contribution < 1.29 is 4.39 Å². The molecule has 1 aromatic heterocycles. The van der Waals surface area contributed by atoms with Gasteiger partial charge in [-0.25, -0.2) is 4.39 Å². The van der Waals surface area contributed by atoms with E-state index in [1.807, 2.05) is 4.57 Å². The molecule has 80 valence electrons. The lowest BCUT2D eigenvalue weighted by Crippen LogP contribution is -1.97. The number of H-pyrrole nitrogens is 1. The van der Waals surface area contributed by atoms with Crippen molar-refractivity contribution in [2.45, 2.75) is 26.3 Å². The summed E-state index contributed by atoms with van der Waals surface area (Å²) in [6.07, 6.45) is 2.15. The van der Waals surface area contributed by atoms with E-state index in [1.54, 1.807) is 6.07 Å². The molecule has 1 aromatic carbocycles. The highest BCUT2D eigenvalue weighted by atomic mass is 32.1. The minimum atomic E-state index is -0.221. The zero-order valence-corrected chi connectivity index (χ0v) is 9.40. The molecular weight excluding hydrogens is 211 g/mol. The van der Waals surface area contributed by atoms with Gasteiger partial charge in [-0.1, -0.05) is 13.3 Å². The molecule has 0 radical (unpaired) electrons. The van der Waals surface area contributed by atoms with Crippen LogP contribution in [-0.2, 0) is 6.54 Å². The summed E-state index contributed by atoms with van der Waals surface area (Å²) in [5, 5.41) is 0. The molecular formula is C11H13FN2S. The highest BCUT2D eigenvalue weighted by Gasteiger charge is 2.04. The first-order chi connectivity index (χ1) is 7.22. The number of fused-ring (bicyclic) bond motifs is 1. The summed E-state index contributed by atoms with van der Waals surface area (Å²) in [7, 11) is 0. The Morgan fingerprint density at radius 2 is 2.27 bits per heavy atom. The van der Waals surface area contributed by atoms with E-state index in [9.17, 15) is 4.39 Å². The predicted molar refractivity (Wildman–Crippen MR) is 62.0 cm³/mol. The molecule has 0 aliphatic carbocycles. The molecule has 0 amide bonds. The number of aryl methyl sites for hydroxylation is 1. The van der Waals surface area contributed by atoms with Crippen LogP contribution in [0.5, 0.6) is 0 Å². The molecule has 2 rings (SSSR count). The molecule has 0 aliphatic rings. The summed E-state index contributed by atoms with van der Waals surface area (Å²) in [6.45, 7) is 2.97. The Labute approximate surface area is 92.7 Å². The number of hydrogen-bond acceptors (Lipinski definition) is 1. The van der Waals surface area contributed by atoms with Crippen LogP contribution in [0.1, 0.15) is 19.8 Å². The third-order valence-electron chi connectivity index (χ3n) is 2.47. The number of aromatic amines is 1. The minimum absolute atomic E-state index is 0.221. The molecule has 0 saturated heterocycles. The van der Waals surface area contributed by atoms with E-state index in [4.69, 9.17) is 12.2 Å². The summed E-state index contributed by atoms with van der Waals surface area (Å²) in [6, 6.07) is 4.69. The molecule has 1 N–H and O–H groups in total. The van der Waals surface area contributed by atoms with E-state index in [0.717, 1.165) is 30.4 Å². The number of halogens is 1. The molecule has 2 aromatic rings. The van der Waals surface area contributed by atoms with Crippen LogP contribution in [0.2, 0.25) is 0 Å². The Morgan fingerprint density at radius 3 is 3.00 bits per heavy atom. The monoisotopic (exact) mass is 224 g/mol. The van der Waals surface area contributed by atoms with Gasteiger partial charge in [-0.2, -0.15) is 0 Å². The normalized spacial score (nSPS) is 11.1. The Hall–Kier alpha value is -1.16. The number of nitrogens with zero attached hydrogens (tertiary/aromatic N) is 1. The van der Waals surface area contributed by atoms with Crippen LogP contribution in [-0.4, -0.2) is 9.55 Å². The molecule has 0 spiro atoms. The van der Waals surface area contributed by atoms with Crippen molar-refractivity contribution >= 4 is 23.3 Å². The van der Waals surface area contributed by atoms with Gasteiger partial charge in [-0.3, -0.25) is 0 Å². The Bertz CT molecular complexity index is 527. The van der Waals surface area contributed by atoms with Crippen LogP contribution in [0.25, 0.3) is 11.0 Å². The maximum absolute atomic E-state index is 13.1. The lowest BCUT2D eigenvalue weighted by molar-refractivity contribution is 0.621. The fraction of sp³-hybridized carbons (Fsp3) is 0.364. The third-order valence-corrected chi connectivity index (χ3v) is 2.80. The number of hydrogen-bond donors (Lipinski definition) is 1. The van der Waals surface area contributed by atoms with Gasteiger partial charge in [-0.15, -0.1) is 0 Å². The second kappa shape index (κ2) is 4.14. The number of benzene rings is 1. The number of unbranched alkanes of at least 4 members (excludes halogenated alkanes) is 1. The number of nitrogens with one attached hydrogen (secondary N) is 1. The van der Waals surface area contributed by atoms with Gasteiger partial charge in [-0.05, 0) is 36.8 Å². The Kier molecular flexibility index (Phi) is 2.86. The fourth-order valence-corrected chi connectivity index (χ4v) is 1.96. The van der Waals surface area contributed by atoms with Gasteiger partial charge in [0, 0.05) is 6.54 Å². The van der Waals surface area contributed by atoms with Crippen LogP contribution < -0.4 is 0 Å². The molecule has 2 nitrogen and oxygen atoms in total. The molecule has 0 unspecified atom stereocenters. The van der Waals surface area contributed by atoms with E-state index in [2.05, 4.69) is 11.9 Å². The van der Waals surface area contributed by atoms with E-state index in [0.29, 0.717) is 4.77 Å². The van der Waals surface area contributed by atoms with Crippen LogP contribution in [0.4, 0.5) is 4.39 Å². The summed E-state index contributed by atoms with van der Waals surface area (Å²) < 4.78 is 15.7. The molecule has 15 heavy (non-hydrogen) atoms. The van der Waals surface area contributed by atoms with E-state index in [1.165, 1.54) is 12.1 Å². The molecule has 0 fully saturated rings. The van der Waals surface area contributed by atoms with Gasteiger partial charge < -0.3 is 9.55 Å². The van der Waals surface area contributed by atoms with Crippen LogP contribution in [0, 0.1) is 10.6 Å². The standard InChI is InChI=1S/C11H13FN2S/c1-2-3-6-14-10-7-8(12)4-5-9(10)13-11(14)15/h4-5,7H,2-3,6H2,1H3,(H,13,15). The highest BCUT2D eigenvalue weighted by molar-refractivity contribution is 7.71. The second-order valence-corrected chi connectivity index (χ2v) is 3.98. The van der Waals surface area contributed by atoms with Gasteiger partial charge in [0.05, 0.1) is 11.0 Å². The zero-order chi connectivity index (χ0) is 10.8. The summed E-state index contributed by atoms with van der Waals surface area (Å²) >= 11 is 5.19. The van der Waals surface area contributed by atoms with Crippen LogP contribution in [0.3, 0.4) is 0 Å². The van der Waals surface area contributed by atoms with E-state index < -0.39 is 0 Å². The first-order valence-corrected chi connectivity index (χ1v) is 5.51. The first kappa shape index (κ1) is 10.4. The molecule has 1 heterocycles. The molecule has 0 atom stereocenters. The average molecular weight is 224 g/mol. The topological polar surface area (TPSA) is 20.7 Å². The minimum Gasteiger partial charge on any atom is -0.331 e. The second-order valence-electron chi connectivity index (χ2n) is 3.60. The van der Waals surface area contributed by atoms with Crippen molar-refractivity contribution in [3.8, 4) is 0 Å². The number of imidazole rings is 1. The quantitative estimate of drug-likeness (QED) is 0.789. The summed E-state index contributed by atoms with van der Waals surface area (Å²) in [5.74, 6) is -0.221. The summed E-state index contributed by atoms with van der Waals surface area (Å²) in [4.78, 5) is 3.07. The Morgan fingerprint density at radius 1 is 1.47 bits per heavy atom. The van der Waals surface area contributed by atoms with E-state index in [-0.39, 0.29) is 5.82 Å². The van der Waals surface area contributed by atoms with Crippen molar-refractivity contribution in [2.24, 2.45) is 0 Å². The van der Waals surface area contributed by atoms with Gasteiger partial charge in [0.15, 0.2) is 4.77 Å². The molecule has 0 bridgehead atoms. The maximum atomic E-state index is 13.1. The third kappa shape index (κ3) is 1.95. The fourth-order valence-electron chi connectivity index (χ4n) is 1.66. The SMILES string of the molecule is CCCCn1c(=S)[nH]c2ccc(F)cc21. The largest absolute Gasteiger partial charge is 0.331 e. The van der Waals surface area contributed by atoms with Crippen LogP contribution in [0.15, 0.2) is 18.2 Å². The van der Waals surface area contributed by atoms with Gasteiger partial charge >= 0.3 is 0 Å². The number of rotatable bonds is 3. The van der Waals surface area contributed by atoms with Crippen molar-refractivity contribution in [3.63, 3.8) is 0 Å². The van der Waals surface area contributed by atoms with Gasteiger partial charge in [0.2, 0.25) is 0 Å². The molecule has 4 heteroatoms. The number of aromatic nitrogens is 2. The molecule has 0 saturated carbocycles. The summed E-state index contributed by atoms with van der Waals surface area (Å²) in [5.41, 5.74) is 1.76. The van der Waals surface area contributed by atoms with Crippen molar-refractivity contribution in [1.82, 2.24) is 9.55 Å². The van der Waals surface area contributed by atoms with Gasteiger partial charge in [0.25, 0.3) is 0 Å². The van der Waals surface area contributed by atoms with E-state index >= 15 is 0 Å². The van der Waals surface area contributed by atoms with Crippen molar-refractivity contribution in [2.75, 3.05) is 0 Å². The molecule has 0 aliphatic heterocycles. The smallest absolute Gasteiger partial charge is 0.178 e. The predicted octanol–water partition coefficient (Wildman–Crippen LogP) is 3.64. The van der Waals surface area contributed by atoms with Crippen molar-refractivity contribution in [3.05, 3.63) is 28.8 Å². The van der Waals surface area contributed by atoms with Crippen molar-refractivity contribution in [1.29, 1.82) is 0 Å². The zero-order valence-electron chi connectivity index (χ0n) is 8.59. The van der Waals surface area contributed by atoms with Crippen LogP contribution >= 0.6 is 12.2 Å².